The van der Waals surface area contributed by atoms with Crippen molar-refractivity contribution in [3.05, 3.63) is 83.4 Å². The van der Waals surface area contributed by atoms with E-state index in [1.54, 1.807) is 6.26 Å². The van der Waals surface area contributed by atoms with Gasteiger partial charge in [-0.25, -0.2) is 9.97 Å². The molecule has 0 spiro atoms. The van der Waals surface area contributed by atoms with E-state index in [-0.39, 0.29) is 11.8 Å². The molecule has 8 heteroatoms. The quantitative estimate of drug-likeness (QED) is 0.390. The van der Waals surface area contributed by atoms with E-state index in [1.165, 1.54) is 0 Å². The average molecular weight is 476 g/mol. The minimum atomic E-state index is -0.0727. The first-order valence-corrected chi connectivity index (χ1v) is 11.8. The van der Waals surface area contributed by atoms with E-state index in [0.29, 0.717) is 30.6 Å². The molecule has 0 bridgehead atoms. The summed E-state index contributed by atoms with van der Waals surface area (Å²) < 4.78 is 5.32. The van der Waals surface area contributed by atoms with Gasteiger partial charge in [-0.1, -0.05) is 35.9 Å². The highest BCUT2D eigenvalue weighted by Gasteiger charge is 2.27. The average Bonchev–Trinajstić information content (AvgIpc) is 3.40. The third-order valence-electron chi connectivity index (χ3n) is 6.15. The van der Waals surface area contributed by atoms with E-state index in [2.05, 4.69) is 26.6 Å². The smallest absolute Gasteiger partial charge is 0.225 e. The number of carbonyl (C=O) groups excluding carboxylic acids is 1. The Bertz CT molecular complexity index is 1280. The number of amides is 1. The predicted octanol–water partition coefficient (Wildman–Crippen LogP) is 5.02. The van der Waals surface area contributed by atoms with Crippen LogP contribution in [0.15, 0.2) is 71.5 Å². The van der Waals surface area contributed by atoms with Gasteiger partial charge in [0, 0.05) is 41.9 Å². The largest absolute Gasteiger partial charge is 0.467 e. The second-order valence-electron chi connectivity index (χ2n) is 8.43. The number of hydrogen-bond acceptors (Lipinski definition) is 6. The second-order valence-corrected chi connectivity index (χ2v) is 8.84. The van der Waals surface area contributed by atoms with Crippen molar-refractivity contribution in [2.45, 2.75) is 25.9 Å². The van der Waals surface area contributed by atoms with Gasteiger partial charge in [-0.15, -0.1) is 0 Å². The number of nitrogens with zero attached hydrogens (tertiary/aromatic N) is 3. The summed E-state index contributed by atoms with van der Waals surface area (Å²) in [5, 5.41) is 7.95. The fourth-order valence-electron chi connectivity index (χ4n) is 4.36. The molecule has 1 aliphatic rings. The molecule has 174 valence electrons. The number of anilines is 2. The number of nitrogens with one attached hydrogen (secondary N) is 2. The summed E-state index contributed by atoms with van der Waals surface area (Å²) >= 11 is 6.25. The van der Waals surface area contributed by atoms with Gasteiger partial charge in [0.2, 0.25) is 11.9 Å². The molecule has 0 radical (unpaired) electrons. The van der Waals surface area contributed by atoms with Crippen LogP contribution in [0.4, 0.5) is 11.6 Å². The molecular formula is C26H26ClN5O2. The van der Waals surface area contributed by atoms with Crippen LogP contribution in [0.25, 0.3) is 10.9 Å². The third kappa shape index (κ3) is 4.99. The molecule has 1 saturated heterocycles. The van der Waals surface area contributed by atoms with E-state index < -0.39 is 0 Å². The van der Waals surface area contributed by atoms with Crippen molar-refractivity contribution in [1.82, 2.24) is 15.3 Å². The molecule has 1 atom stereocenters. The van der Waals surface area contributed by atoms with E-state index in [9.17, 15) is 4.79 Å². The van der Waals surface area contributed by atoms with Gasteiger partial charge in [0.1, 0.15) is 5.76 Å². The maximum Gasteiger partial charge on any atom is 0.225 e. The van der Waals surface area contributed by atoms with Crippen LogP contribution in [0.2, 0.25) is 5.02 Å². The molecule has 0 saturated carbocycles. The Kier molecular flexibility index (Phi) is 6.62. The van der Waals surface area contributed by atoms with E-state index >= 15 is 0 Å². The minimum absolute atomic E-state index is 0.0589. The molecule has 1 fully saturated rings. The molecule has 1 aliphatic heterocycles. The zero-order valence-corrected chi connectivity index (χ0v) is 19.5. The topological polar surface area (TPSA) is 83.3 Å². The molecule has 5 rings (SSSR count). The summed E-state index contributed by atoms with van der Waals surface area (Å²) in [6.07, 6.45) is 5.29. The number of carbonyl (C=O) groups is 1. The number of piperidine rings is 1. The Labute approximate surface area is 203 Å². The molecule has 2 N–H and O–H groups in total. The number of halogens is 1. The fourth-order valence-corrected chi connectivity index (χ4v) is 4.56. The molecule has 34 heavy (non-hydrogen) atoms. The summed E-state index contributed by atoms with van der Waals surface area (Å²) in [5.74, 6) is 1.30. The van der Waals surface area contributed by atoms with Gasteiger partial charge in [-0.2, -0.15) is 0 Å². The van der Waals surface area contributed by atoms with Crippen molar-refractivity contribution in [2.75, 3.05) is 23.3 Å². The van der Waals surface area contributed by atoms with Crippen molar-refractivity contribution in [2.24, 2.45) is 5.92 Å². The maximum atomic E-state index is 12.8. The fraction of sp³-hybridized carbons (Fsp3) is 0.269. The Balaban J connectivity index is 1.28. The van der Waals surface area contributed by atoms with Crippen LogP contribution in [0.1, 0.15) is 24.2 Å². The number of aromatic nitrogens is 2. The highest BCUT2D eigenvalue weighted by atomic mass is 35.5. The number of rotatable bonds is 7. The summed E-state index contributed by atoms with van der Waals surface area (Å²) in [6.45, 7) is 2.52. The monoisotopic (exact) mass is 475 g/mol. The third-order valence-corrected chi connectivity index (χ3v) is 6.52. The normalized spacial score (nSPS) is 15.9. The van der Waals surface area contributed by atoms with Crippen LogP contribution in [-0.2, 0) is 17.9 Å². The Hall–Kier alpha value is -3.58. The molecule has 2 aromatic heterocycles. The second kappa shape index (κ2) is 10.1. The molecule has 1 amide bonds. The molecule has 4 aromatic rings. The van der Waals surface area contributed by atoms with Crippen LogP contribution in [0.5, 0.6) is 0 Å². The van der Waals surface area contributed by atoms with Gasteiger partial charge >= 0.3 is 0 Å². The SMILES string of the molecule is O=C(NCc1ccco1)C1CCCN(c2cccc3nc(NCc4ccccc4Cl)ncc23)C1. The lowest BCUT2D eigenvalue weighted by Gasteiger charge is -2.34. The van der Waals surface area contributed by atoms with E-state index in [0.717, 1.165) is 47.3 Å². The summed E-state index contributed by atoms with van der Waals surface area (Å²) in [4.78, 5) is 24.3. The molecule has 2 aromatic carbocycles. The first-order valence-electron chi connectivity index (χ1n) is 11.5. The number of furan rings is 1. The van der Waals surface area contributed by atoms with Crippen molar-refractivity contribution < 1.29 is 9.21 Å². The van der Waals surface area contributed by atoms with Crippen molar-refractivity contribution in [1.29, 1.82) is 0 Å². The first-order chi connectivity index (χ1) is 16.7. The van der Waals surface area contributed by atoms with Crippen LogP contribution >= 0.6 is 11.6 Å². The Morgan fingerprint density at radius 1 is 1.12 bits per heavy atom. The molecule has 7 nitrogen and oxygen atoms in total. The zero-order chi connectivity index (χ0) is 23.3. The lowest BCUT2D eigenvalue weighted by Crippen LogP contribution is -2.43. The van der Waals surface area contributed by atoms with Gasteiger partial charge in [0.15, 0.2) is 0 Å². The van der Waals surface area contributed by atoms with Crippen molar-refractivity contribution in [3.63, 3.8) is 0 Å². The molecular weight excluding hydrogens is 450 g/mol. The lowest BCUT2D eigenvalue weighted by molar-refractivity contribution is -0.125. The standard InChI is InChI=1S/C26H26ClN5O2/c27-22-9-2-1-6-18(22)14-29-26-30-16-21-23(31-26)10-3-11-24(21)32-12-4-7-19(17-32)25(33)28-15-20-8-5-13-34-20/h1-3,5-6,8-11,13,16,19H,4,7,12,14-15,17H2,(H,28,33)(H,29,30,31). The van der Waals surface area contributed by atoms with Crippen LogP contribution < -0.4 is 15.5 Å². The van der Waals surface area contributed by atoms with Crippen LogP contribution in [0.3, 0.4) is 0 Å². The molecule has 3 heterocycles. The summed E-state index contributed by atoms with van der Waals surface area (Å²) in [7, 11) is 0. The Morgan fingerprint density at radius 3 is 2.88 bits per heavy atom. The number of hydrogen-bond donors (Lipinski definition) is 2. The van der Waals surface area contributed by atoms with Gasteiger partial charge < -0.3 is 20.0 Å². The van der Waals surface area contributed by atoms with E-state index in [4.69, 9.17) is 21.0 Å². The van der Waals surface area contributed by atoms with Gasteiger partial charge in [-0.05, 0) is 48.7 Å². The zero-order valence-electron chi connectivity index (χ0n) is 18.7. The lowest BCUT2D eigenvalue weighted by atomic mass is 9.96. The first kappa shape index (κ1) is 22.2. The van der Waals surface area contributed by atoms with Crippen LogP contribution in [0, 0.1) is 5.92 Å². The van der Waals surface area contributed by atoms with Crippen molar-refractivity contribution >= 4 is 40.0 Å². The van der Waals surface area contributed by atoms with Gasteiger partial charge in [-0.3, -0.25) is 4.79 Å². The van der Waals surface area contributed by atoms with Gasteiger partial charge in [0.25, 0.3) is 0 Å². The maximum absolute atomic E-state index is 12.8. The summed E-state index contributed by atoms with van der Waals surface area (Å²) in [5.41, 5.74) is 2.91. The van der Waals surface area contributed by atoms with E-state index in [1.807, 2.05) is 54.7 Å². The van der Waals surface area contributed by atoms with Gasteiger partial charge in [0.05, 0.1) is 24.2 Å². The number of benzene rings is 2. The van der Waals surface area contributed by atoms with Crippen molar-refractivity contribution in [3.8, 4) is 0 Å². The molecule has 1 unspecified atom stereocenters. The summed E-state index contributed by atoms with van der Waals surface area (Å²) in [6, 6.07) is 17.5. The van der Waals surface area contributed by atoms with Crippen LogP contribution in [-0.4, -0.2) is 29.0 Å². The minimum Gasteiger partial charge on any atom is -0.467 e. The number of fused-ring (bicyclic) bond motifs is 1. The molecule has 0 aliphatic carbocycles. The highest BCUT2D eigenvalue weighted by molar-refractivity contribution is 6.31. The predicted molar refractivity (Wildman–Crippen MR) is 134 cm³/mol. The Morgan fingerprint density at radius 2 is 2.03 bits per heavy atom. The highest BCUT2D eigenvalue weighted by Crippen LogP contribution is 2.30.